The van der Waals surface area contributed by atoms with Crippen molar-refractivity contribution in [2.75, 3.05) is 11.9 Å². The van der Waals surface area contributed by atoms with Gasteiger partial charge in [0.2, 0.25) is 0 Å². The Labute approximate surface area is 120 Å². The zero-order valence-electron chi connectivity index (χ0n) is 10.7. The number of thiophene rings is 1. The van der Waals surface area contributed by atoms with Gasteiger partial charge in [-0.1, -0.05) is 18.2 Å². The van der Waals surface area contributed by atoms with Gasteiger partial charge in [0.05, 0.1) is 18.0 Å². The Balaban J connectivity index is 1.72. The van der Waals surface area contributed by atoms with Crippen molar-refractivity contribution in [1.82, 2.24) is 9.97 Å². The Kier molecular flexibility index (Phi) is 2.77. The van der Waals surface area contributed by atoms with Crippen LogP contribution in [0, 0.1) is 0 Å². The summed E-state index contributed by atoms with van der Waals surface area (Å²) in [5, 5.41) is 6.67. The first-order valence-corrected chi connectivity index (χ1v) is 7.46. The predicted molar refractivity (Wildman–Crippen MR) is 80.3 cm³/mol. The fourth-order valence-electron chi connectivity index (χ4n) is 2.56. The fraction of sp³-hybridized carbons (Fsp3) is 0.200. The molecular weight excluding hydrogens is 270 g/mol. The van der Waals surface area contributed by atoms with Gasteiger partial charge < -0.3 is 10.1 Å². The Morgan fingerprint density at radius 2 is 2.15 bits per heavy atom. The Bertz CT molecular complexity index is 755. The summed E-state index contributed by atoms with van der Waals surface area (Å²) in [5.41, 5.74) is 1.20. The predicted octanol–water partition coefficient (Wildman–Crippen LogP) is 3.63. The van der Waals surface area contributed by atoms with Crippen LogP contribution >= 0.6 is 11.3 Å². The van der Waals surface area contributed by atoms with Crippen molar-refractivity contribution in [3.05, 3.63) is 47.6 Å². The molecule has 100 valence electrons. The molecule has 4 rings (SSSR count). The first-order chi connectivity index (χ1) is 9.92. The molecule has 1 aromatic carbocycles. The van der Waals surface area contributed by atoms with E-state index in [0.29, 0.717) is 0 Å². The standard InChI is InChI=1S/C15H13N3OS/c1-2-4-13-10(3-1)12(5-7-19-13)18-14-11-6-8-20-15(11)17-9-16-14/h1-4,6,8-9,12H,5,7H2,(H,16,17,18)/t12-/m0/s1. The molecule has 1 N–H and O–H groups in total. The number of benzene rings is 1. The van der Waals surface area contributed by atoms with Crippen molar-refractivity contribution in [2.45, 2.75) is 12.5 Å². The first-order valence-electron chi connectivity index (χ1n) is 6.58. The summed E-state index contributed by atoms with van der Waals surface area (Å²) in [4.78, 5) is 9.69. The Morgan fingerprint density at radius 1 is 1.20 bits per heavy atom. The maximum Gasteiger partial charge on any atom is 0.138 e. The summed E-state index contributed by atoms with van der Waals surface area (Å²) < 4.78 is 5.69. The van der Waals surface area contributed by atoms with Crippen LogP contribution in [0.15, 0.2) is 42.0 Å². The van der Waals surface area contributed by atoms with Gasteiger partial charge in [-0.15, -0.1) is 11.3 Å². The molecule has 20 heavy (non-hydrogen) atoms. The van der Waals surface area contributed by atoms with Gasteiger partial charge in [0.1, 0.15) is 22.7 Å². The average Bonchev–Trinajstić information content (AvgIpc) is 2.97. The third kappa shape index (κ3) is 1.91. The van der Waals surface area contributed by atoms with Gasteiger partial charge in [-0.25, -0.2) is 9.97 Å². The van der Waals surface area contributed by atoms with E-state index < -0.39 is 0 Å². The van der Waals surface area contributed by atoms with Crippen molar-refractivity contribution < 1.29 is 4.74 Å². The molecule has 2 aromatic heterocycles. The number of ether oxygens (including phenoxy) is 1. The summed E-state index contributed by atoms with van der Waals surface area (Å²) in [6.45, 7) is 0.729. The van der Waals surface area contributed by atoms with E-state index in [0.717, 1.165) is 34.8 Å². The van der Waals surface area contributed by atoms with Crippen LogP contribution in [0.5, 0.6) is 5.75 Å². The molecule has 0 saturated carbocycles. The third-order valence-electron chi connectivity index (χ3n) is 3.53. The highest BCUT2D eigenvalue weighted by Crippen LogP contribution is 2.35. The summed E-state index contributed by atoms with van der Waals surface area (Å²) >= 11 is 1.63. The maximum atomic E-state index is 5.69. The molecular formula is C15H13N3OS. The van der Waals surface area contributed by atoms with Crippen molar-refractivity contribution in [3.63, 3.8) is 0 Å². The zero-order chi connectivity index (χ0) is 13.4. The van der Waals surface area contributed by atoms with Crippen molar-refractivity contribution in [1.29, 1.82) is 0 Å². The number of hydrogen-bond donors (Lipinski definition) is 1. The SMILES string of the molecule is c1ccc2c(c1)OCC[C@@H]2Nc1ncnc2sccc12. The summed E-state index contributed by atoms with van der Waals surface area (Å²) in [6, 6.07) is 10.5. The largest absolute Gasteiger partial charge is 0.493 e. The van der Waals surface area contributed by atoms with Crippen molar-refractivity contribution >= 4 is 27.4 Å². The lowest BCUT2D eigenvalue weighted by Crippen LogP contribution is -2.20. The fourth-order valence-corrected chi connectivity index (χ4v) is 3.29. The van der Waals surface area contributed by atoms with Crippen LogP contribution in [0.3, 0.4) is 0 Å². The minimum atomic E-state index is 0.234. The van der Waals surface area contributed by atoms with Gasteiger partial charge in [-0.2, -0.15) is 0 Å². The highest BCUT2D eigenvalue weighted by Gasteiger charge is 2.21. The molecule has 0 saturated heterocycles. The molecule has 1 atom stereocenters. The van der Waals surface area contributed by atoms with Gasteiger partial charge in [0.25, 0.3) is 0 Å². The highest BCUT2D eigenvalue weighted by atomic mass is 32.1. The van der Waals surface area contributed by atoms with E-state index in [-0.39, 0.29) is 6.04 Å². The van der Waals surface area contributed by atoms with E-state index in [4.69, 9.17) is 4.74 Å². The average molecular weight is 283 g/mol. The molecule has 0 amide bonds. The number of nitrogens with one attached hydrogen (secondary N) is 1. The molecule has 1 aliphatic rings. The van der Waals surface area contributed by atoms with E-state index in [1.165, 1.54) is 5.56 Å². The Morgan fingerprint density at radius 3 is 3.15 bits per heavy atom. The van der Waals surface area contributed by atoms with Gasteiger partial charge in [0.15, 0.2) is 0 Å². The lowest BCUT2D eigenvalue weighted by Gasteiger charge is -2.27. The molecule has 1 aliphatic heterocycles. The van der Waals surface area contributed by atoms with Gasteiger partial charge in [0, 0.05) is 12.0 Å². The number of rotatable bonds is 2. The second-order valence-electron chi connectivity index (χ2n) is 4.73. The minimum absolute atomic E-state index is 0.234. The van der Waals surface area contributed by atoms with E-state index in [1.54, 1.807) is 17.7 Å². The van der Waals surface area contributed by atoms with Crippen LogP contribution in [0.4, 0.5) is 5.82 Å². The number of anilines is 1. The molecule has 3 heterocycles. The first kappa shape index (κ1) is 11.7. The highest BCUT2D eigenvalue weighted by molar-refractivity contribution is 7.16. The Hall–Kier alpha value is -2.14. The lowest BCUT2D eigenvalue weighted by atomic mass is 10.0. The van der Waals surface area contributed by atoms with Crippen LogP contribution < -0.4 is 10.1 Å². The van der Waals surface area contributed by atoms with Crippen LogP contribution in [-0.2, 0) is 0 Å². The number of hydrogen-bond acceptors (Lipinski definition) is 5. The van der Waals surface area contributed by atoms with E-state index in [1.807, 2.05) is 23.6 Å². The number of para-hydroxylation sites is 1. The van der Waals surface area contributed by atoms with Crippen molar-refractivity contribution in [2.24, 2.45) is 0 Å². The quantitative estimate of drug-likeness (QED) is 0.780. The number of nitrogens with zero attached hydrogens (tertiary/aromatic N) is 2. The molecule has 0 aliphatic carbocycles. The molecule has 0 unspecified atom stereocenters. The number of fused-ring (bicyclic) bond motifs is 2. The summed E-state index contributed by atoms with van der Waals surface area (Å²) in [6.07, 6.45) is 2.55. The lowest BCUT2D eigenvalue weighted by molar-refractivity contribution is 0.274. The monoisotopic (exact) mass is 283 g/mol. The molecule has 3 aromatic rings. The maximum absolute atomic E-state index is 5.69. The molecule has 4 nitrogen and oxygen atoms in total. The topological polar surface area (TPSA) is 47.0 Å². The third-order valence-corrected chi connectivity index (χ3v) is 4.35. The van der Waals surface area contributed by atoms with Crippen LogP contribution in [-0.4, -0.2) is 16.6 Å². The van der Waals surface area contributed by atoms with Crippen LogP contribution in [0.1, 0.15) is 18.0 Å². The van der Waals surface area contributed by atoms with Gasteiger partial charge >= 0.3 is 0 Å². The van der Waals surface area contributed by atoms with E-state index in [9.17, 15) is 0 Å². The summed E-state index contributed by atoms with van der Waals surface area (Å²) in [7, 11) is 0. The molecule has 0 spiro atoms. The van der Waals surface area contributed by atoms with E-state index >= 15 is 0 Å². The van der Waals surface area contributed by atoms with E-state index in [2.05, 4.69) is 27.4 Å². The van der Waals surface area contributed by atoms with Crippen molar-refractivity contribution in [3.8, 4) is 5.75 Å². The molecule has 5 heteroatoms. The molecule has 0 radical (unpaired) electrons. The molecule has 0 bridgehead atoms. The normalized spacial score (nSPS) is 17.5. The van der Waals surface area contributed by atoms with Crippen LogP contribution in [0.2, 0.25) is 0 Å². The van der Waals surface area contributed by atoms with Gasteiger partial charge in [-0.3, -0.25) is 0 Å². The zero-order valence-corrected chi connectivity index (χ0v) is 11.6. The molecule has 0 fully saturated rings. The smallest absolute Gasteiger partial charge is 0.138 e. The minimum Gasteiger partial charge on any atom is -0.493 e. The second-order valence-corrected chi connectivity index (χ2v) is 5.63. The number of aromatic nitrogens is 2. The summed E-state index contributed by atoms with van der Waals surface area (Å²) in [5.74, 6) is 1.87. The van der Waals surface area contributed by atoms with Gasteiger partial charge in [-0.05, 0) is 17.5 Å². The van der Waals surface area contributed by atoms with Crippen LogP contribution in [0.25, 0.3) is 10.2 Å². The second kappa shape index (κ2) is 4.76.